The molecule has 1 atom stereocenters. The predicted molar refractivity (Wildman–Crippen MR) is 109 cm³/mol. The average molecular weight is 375 g/mol. The maximum atomic E-state index is 13.0. The minimum absolute atomic E-state index is 0.0191. The molecule has 3 aromatic rings. The van der Waals surface area contributed by atoms with Gasteiger partial charge in [-0.1, -0.05) is 24.3 Å². The van der Waals surface area contributed by atoms with Crippen LogP contribution in [0, 0.1) is 13.8 Å². The highest BCUT2D eigenvalue weighted by molar-refractivity contribution is 5.90. The van der Waals surface area contributed by atoms with Crippen LogP contribution in [0.5, 0.6) is 0 Å². The molecule has 1 saturated heterocycles. The van der Waals surface area contributed by atoms with E-state index >= 15 is 0 Å². The van der Waals surface area contributed by atoms with E-state index in [1.165, 1.54) is 0 Å². The molecule has 144 valence electrons. The summed E-state index contributed by atoms with van der Waals surface area (Å²) in [7, 11) is 0. The number of nitrogens with one attached hydrogen (secondary N) is 1. The number of aryl methyl sites for hydroxylation is 2. The van der Waals surface area contributed by atoms with E-state index in [2.05, 4.69) is 32.8 Å². The second kappa shape index (κ2) is 7.84. The van der Waals surface area contributed by atoms with Gasteiger partial charge in [0.1, 0.15) is 5.82 Å². The number of nitrogens with zero attached hydrogens (tertiary/aromatic N) is 4. The summed E-state index contributed by atoms with van der Waals surface area (Å²) in [5, 5.41) is 3.07. The van der Waals surface area contributed by atoms with Gasteiger partial charge in [-0.25, -0.2) is 9.78 Å². The van der Waals surface area contributed by atoms with Crippen molar-refractivity contribution in [3.05, 3.63) is 77.6 Å². The van der Waals surface area contributed by atoms with Crippen LogP contribution in [-0.2, 0) is 6.54 Å². The molecule has 6 nitrogen and oxygen atoms in total. The Labute approximate surface area is 165 Å². The molecule has 3 heterocycles. The molecule has 2 aromatic heterocycles. The van der Waals surface area contributed by atoms with Crippen molar-refractivity contribution in [1.82, 2.24) is 19.4 Å². The fourth-order valence-electron chi connectivity index (χ4n) is 3.80. The predicted octanol–water partition coefficient (Wildman–Crippen LogP) is 4.31. The van der Waals surface area contributed by atoms with Crippen molar-refractivity contribution in [3.63, 3.8) is 0 Å². The van der Waals surface area contributed by atoms with Gasteiger partial charge in [-0.05, 0) is 49.9 Å². The second-order valence-corrected chi connectivity index (χ2v) is 7.30. The monoisotopic (exact) mass is 375 g/mol. The first-order valence-corrected chi connectivity index (χ1v) is 9.67. The lowest BCUT2D eigenvalue weighted by Crippen LogP contribution is -2.35. The molecule has 28 heavy (non-hydrogen) atoms. The molecule has 0 saturated carbocycles. The van der Waals surface area contributed by atoms with Crippen LogP contribution in [0.3, 0.4) is 0 Å². The Morgan fingerprint density at radius 3 is 2.82 bits per heavy atom. The zero-order chi connectivity index (χ0) is 19.5. The Kier molecular flexibility index (Phi) is 5.10. The first-order chi connectivity index (χ1) is 13.6. The Balaban J connectivity index is 1.57. The maximum Gasteiger partial charge on any atom is 0.322 e. The molecule has 0 radical (unpaired) electrons. The van der Waals surface area contributed by atoms with E-state index in [0.717, 1.165) is 47.7 Å². The van der Waals surface area contributed by atoms with Gasteiger partial charge in [-0.15, -0.1) is 0 Å². The fraction of sp³-hybridized carbons (Fsp3) is 0.318. The number of pyridine rings is 1. The molecule has 1 aliphatic rings. The number of imidazole rings is 1. The fourth-order valence-corrected chi connectivity index (χ4v) is 3.80. The Morgan fingerprint density at radius 1 is 1.18 bits per heavy atom. The normalized spacial score (nSPS) is 16.4. The van der Waals surface area contributed by atoms with Crippen molar-refractivity contribution in [2.24, 2.45) is 0 Å². The number of aromatic nitrogens is 3. The number of anilines is 1. The zero-order valence-electron chi connectivity index (χ0n) is 16.3. The molecule has 4 rings (SSSR count). The molecule has 2 amide bonds. The van der Waals surface area contributed by atoms with Crippen molar-refractivity contribution in [3.8, 4) is 0 Å². The van der Waals surface area contributed by atoms with Crippen molar-refractivity contribution < 1.29 is 4.79 Å². The quantitative estimate of drug-likeness (QED) is 0.739. The highest BCUT2D eigenvalue weighted by Gasteiger charge is 2.33. The number of urea groups is 1. The lowest BCUT2D eigenvalue weighted by molar-refractivity contribution is 0.204. The Morgan fingerprint density at radius 2 is 2.04 bits per heavy atom. The third-order valence-corrected chi connectivity index (χ3v) is 5.35. The number of amides is 2. The number of hydrogen-bond donors (Lipinski definition) is 1. The Hall–Kier alpha value is -3.15. The highest BCUT2D eigenvalue weighted by atomic mass is 16.2. The molecule has 0 aliphatic carbocycles. The summed E-state index contributed by atoms with van der Waals surface area (Å²) >= 11 is 0. The van der Waals surface area contributed by atoms with Gasteiger partial charge >= 0.3 is 6.03 Å². The Bertz CT molecular complexity index is 966. The molecular formula is C22H25N5O. The maximum absolute atomic E-state index is 13.0. The van der Waals surface area contributed by atoms with Crippen LogP contribution in [-0.4, -0.2) is 32.0 Å². The third-order valence-electron chi connectivity index (χ3n) is 5.35. The molecule has 6 heteroatoms. The van der Waals surface area contributed by atoms with Crippen molar-refractivity contribution in [1.29, 1.82) is 0 Å². The summed E-state index contributed by atoms with van der Waals surface area (Å²) in [5.41, 5.74) is 4.12. The van der Waals surface area contributed by atoms with E-state index in [-0.39, 0.29) is 12.1 Å². The molecular weight excluding hydrogens is 350 g/mol. The lowest BCUT2D eigenvalue weighted by atomic mass is 10.2. The SMILES string of the molecule is Cc1ccccc1NC(=O)N1CCCC1c1ncc(C)n1Cc1cccnc1. The van der Waals surface area contributed by atoms with Crippen molar-refractivity contribution in [2.75, 3.05) is 11.9 Å². The molecule has 1 aliphatic heterocycles. The molecule has 1 unspecified atom stereocenters. The number of likely N-dealkylation sites (tertiary alicyclic amines) is 1. The van der Waals surface area contributed by atoms with Gasteiger partial charge in [0.05, 0.1) is 12.6 Å². The van der Waals surface area contributed by atoms with Crippen LogP contribution in [0.25, 0.3) is 0 Å². The summed E-state index contributed by atoms with van der Waals surface area (Å²) in [4.78, 5) is 23.8. The number of benzene rings is 1. The van der Waals surface area contributed by atoms with Crippen LogP contribution in [0.15, 0.2) is 55.0 Å². The molecule has 1 fully saturated rings. The number of carbonyl (C=O) groups excluding carboxylic acids is 1. The van der Waals surface area contributed by atoms with Gasteiger partial charge in [0.15, 0.2) is 0 Å². The number of para-hydroxylation sites is 1. The van der Waals surface area contributed by atoms with E-state index in [1.54, 1.807) is 6.20 Å². The minimum atomic E-state index is -0.0645. The van der Waals surface area contributed by atoms with Crippen LogP contribution in [0.1, 0.15) is 41.5 Å². The molecule has 0 bridgehead atoms. The van der Waals surface area contributed by atoms with E-state index < -0.39 is 0 Å². The summed E-state index contributed by atoms with van der Waals surface area (Å²) < 4.78 is 2.20. The second-order valence-electron chi connectivity index (χ2n) is 7.30. The topological polar surface area (TPSA) is 63.1 Å². The van der Waals surface area contributed by atoms with Crippen LogP contribution >= 0.6 is 0 Å². The minimum Gasteiger partial charge on any atom is -0.326 e. The third kappa shape index (κ3) is 3.63. The zero-order valence-corrected chi connectivity index (χ0v) is 16.3. The van der Waals surface area contributed by atoms with Gasteiger partial charge in [-0.2, -0.15) is 0 Å². The lowest BCUT2D eigenvalue weighted by Gasteiger charge is -2.26. The van der Waals surface area contributed by atoms with Crippen molar-refractivity contribution >= 4 is 11.7 Å². The first kappa shape index (κ1) is 18.2. The molecule has 1 N–H and O–H groups in total. The van der Waals surface area contributed by atoms with Gasteiger partial charge < -0.3 is 14.8 Å². The number of rotatable bonds is 4. The van der Waals surface area contributed by atoms with Crippen LogP contribution in [0.4, 0.5) is 10.5 Å². The standard InChI is InChI=1S/C22H25N5O/c1-16-7-3-4-9-19(16)25-22(28)26-12-6-10-20(26)21-24-13-17(2)27(21)15-18-8-5-11-23-14-18/h3-5,7-9,11,13-14,20H,6,10,12,15H2,1-2H3,(H,25,28). The van der Waals surface area contributed by atoms with E-state index in [0.29, 0.717) is 6.54 Å². The van der Waals surface area contributed by atoms with Gasteiger partial charge in [-0.3, -0.25) is 4.98 Å². The first-order valence-electron chi connectivity index (χ1n) is 9.67. The van der Waals surface area contributed by atoms with Crippen LogP contribution < -0.4 is 5.32 Å². The van der Waals surface area contributed by atoms with E-state index in [1.807, 2.05) is 54.5 Å². The largest absolute Gasteiger partial charge is 0.326 e. The van der Waals surface area contributed by atoms with Gasteiger partial charge in [0.2, 0.25) is 0 Å². The summed E-state index contributed by atoms with van der Waals surface area (Å²) in [5.74, 6) is 0.943. The smallest absolute Gasteiger partial charge is 0.322 e. The summed E-state index contributed by atoms with van der Waals surface area (Å²) in [6.07, 6.45) is 7.44. The van der Waals surface area contributed by atoms with Crippen LogP contribution in [0.2, 0.25) is 0 Å². The summed E-state index contributed by atoms with van der Waals surface area (Å²) in [6, 6.07) is 11.8. The number of carbonyl (C=O) groups is 1. The van der Waals surface area contributed by atoms with Gasteiger partial charge in [0, 0.05) is 36.5 Å². The average Bonchev–Trinajstić information content (AvgIpc) is 3.32. The van der Waals surface area contributed by atoms with Crippen molar-refractivity contribution in [2.45, 2.75) is 39.3 Å². The van der Waals surface area contributed by atoms with E-state index in [9.17, 15) is 4.79 Å². The summed E-state index contributed by atoms with van der Waals surface area (Å²) in [6.45, 7) is 5.50. The highest BCUT2D eigenvalue weighted by Crippen LogP contribution is 2.32. The number of hydrogen-bond acceptors (Lipinski definition) is 3. The van der Waals surface area contributed by atoms with E-state index in [4.69, 9.17) is 0 Å². The molecule has 1 aromatic carbocycles. The van der Waals surface area contributed by atoms with Gasteiger partial charge in [0.25, 0.3) is 0 Å². The molecule has 0 spiro atoms.